The monoisotopic (exact) mass is 433 g/mol. The number of likely N-dealkylation sites (tertiary alicyclic amines) is 1. The van der Waals surface area contributed by atoms with Gasteiger partial charge in [-0.2, -0.15) is 0 Å². The molecule has 0 aromatic heterocycles. The number of hydrogen-bond acceptors (Lipinski definition) is 3. The lowest BCUT2D eigenvalue weighted by molar-refractivity contribution is -0.144. The van der Waals surface area contributed by atoms with Crippen LogP contribution in [0.15, 0.2) is 91.0 Å². The largest absolute Gasteiger partial charge is 0.359 e. The van der Waals surface area contributed by atoms with Crippen LogP contribution in [-0.2, 0) is 19.9 Å². The molecule has 5 heteroatoms. The van der Waals surface area contributed by atoms with Crippen LogP contribution in [0.1, 0.15) is 29.5 Å². The highest BCUT2D eigenvalue weighted by molar-refractivity contribution is 6.28. The number of hydrogen-bond donors (Lipinski definition) is 0. The predicted molar refractivity (Wildman–Crippen MR) is 121 cm³/mol. The highest BCUT2D eigenvalue weighted by atomic mass is 35.5. The van der Waals surface area contributed by atoms with Crippen molar-refractivity contribution in [2.45, 2.75) is 24.5 Å². The van der Waals surface area contributed by atoms with Crippen molar-refractivity contribution < 1.29 is 14.3 Å². The third kappa shape index (κ3) is 4.14. The third-order valence-corrected chi connectivity index (χ3v) is 5.97. The number of alkyl halides is 1. The molecule has 1 aliphatic rings. The fourth-order valence-electron chi connectivity index (χ4n) is 4.30. The molecule has 1 heterocycles. The lowest BCUT2D eigenvalue weighted by atomic mass is 9.80. The first-order chi connectivity index (χ1) is 15.2. The zero-order chi connectivity index (χ0) is 21.7. The van der Waals surface area contributed by atoms with Crippen molar-refractivity contribution in [2.24, 2.45) is 0 Å². The Morgan fingerprint density at radius 3 is 1.74 bits per heavy atom. The normalized spacial score (nSPS) is 16.5. The number of halogens is 1. The number of imide groups is 1. The topological polar surface area (TPSA) is 46.6 Å². The molecule has 1 atom stereocenters. The SMILES string of the molecule is O=C(CCl)N1C(=O)CC[C@H]1COC(c1ccccc1)(c1ccccc1)c1ccccc1. The van der Waals surface area contributed by atoms with Gasteiger partial charge >= 0.3 is 0 Å². The first-order valence-electron chi connectivity index (χ1n) is 10.4. The van der Waals surface area contributed by atoms with Gasteiger partial charge in [-0.25, -0.2) is 0 Å². The molecule has 0 saturated carbocycles. The smallest absolute Gasteiger partial charge is 0.244 e. The Morgan fingerprint density at radius 1 is 0.871 bits per heavy atom. The molecule has 0 aliphatic carbocycles. The van der Waals surface area contributed by atoms with Crippen LogP contribution < -0.4 is 0 Å². The molecule has 0 radical (unpaired) electrons. The molecule has 3 aromatic rings. The van der Waals surface area contributed by atoms with Crippen molar-refractivity contribution in [2.75, 3.05) is 12.5 Å². The summed E-state index contributed by atoms with van der Waals surface area (Å²) in [4.78, 5) is 25.9. The fourth-order valence-corrected chi connectivity index (χ4v) is 4.43. The summed E-state index contributed by atoms with van der Waals surface area (Å²) in [6.45, 7) is 0.215. The van der Waals surface area contributed by atoms with Crippen molar-refractivity contribution in [1.82, 2.24) is 4.90 Å². The first-order valence-corrected chi connectivity index (χ1v) is 10.9. The molecule has 0 N–H and O–H groups in total. The van der Waals surface area contributed by atoms with E-state index in [-0.39, 0.29) is 30.3 Å². The zero-order valence-corrected chi connectivity index (χ0v) is 17.9. The van der Waals surface area contributed by atoms with Gasteiger partial charge in [-0.05, 0) is 23.1 Å². The number of carbonyl (C=O) groups is 2. The minimum atomic E-state index is -0.884. The minimum absolute atomic E-state index is 0.191. The van der Waals surface area contributed by atoms with Crippen LogP contribution in [0.2, 0.25) is 0 Å². The molecule has 31 heavy (non-hydrogen) atoms. The highest BCUT2D eigenvalue weighted by Gasteiger charge is 2.41. The maximum atomic E-state index is 12.3. The van der Waals surface area contributed by atoms with Gasteiger partial charge in [0.15, 0.2) is 0 Å². The molecule has 3 aromatic carbocycles. The standard InChI is InChI=1S/C26H24ClNO3/c27-18-25(30)28-23(16-17-24(28)29)19-31-26(20-10-4-1-5-11-20,21-12-6-2-7-13-21)22-14-8-3-9-15-22/h1-15,23H,16-19H2/t23-/m0/s1. The molecule has 0 spiro atoms. The van der Waals surface area contributed by atoms with E-state index in [2.05, 4.69) is 0 Å². The Kier molecular flexibility index (Phi) is 6.50. The van der Waals surface area contributed by atoms with Gasteiger partial charge in [-0.15, -0.1) is 11.6 Å². The van der Waals surface area contributed by atoms with E-state index in [0.29, 0.717) is 12.8 Å². The number of rotatable bonds is 7. The van der Waals surface area contributed by atoms with E-state index in [9.17, 15) is 9.59 Å². The van der Waals surface area contributed by atoms with Crippen LogP contribution in [0.4, 0.5) is 0 Å². The van der Waals surface area contributed by atoms with Crippen molar-refractivity contribution in [1.29, 1.82) is 0 Å². The summed E-state index contributed by atoms with van der Waals surface area (Å²) in [5, 5.41) is 0. The summed E-state index contributed by atoms with van der Waals surface area (Å²) in [6, 6.07) is 29.8. The van der Waals surface area contributed by atoms with Crippen LogP contribution in [-0.4, -0.2) is 35.2 Å². The quantitative estimate of drug-likeness (QED) is 0.399. The minimum Gasteiger partial charge on any atom is -0.359 e. The Balaban J connectivity index is 1.79. The fraction of sp³-hybridized carbons (Fsp3) is 0.231. The lowest BCUT2D eigenvalue weighted by Gasteiger charge is -2.37. The van der Waals surface area contributed by atoms with E-state index in [1.807, 2.05) is 91.0 Å². The second-order valence-electron chi connectivity index (χ2n) is 7.57. The molecule has 1 saturated heterocycles. The molecule has 158 valence electrons. The average molecular weight is 434 g/mol. The highest BCUT2D eigenvalue weighted by Crippen LogP contribution is 2.41. The number of nitrogens with zero attached hydrogens (tertiary/aromatic N) is 1. The van der Waals surface area contributed by atoms with Gasteiger partial charge in [0.25, 0.3) is 0 Å². The Hall–Kier alpha value is -2.95. The van der Waals surface area contributed by atoms with E-state index < -0.39 is 5.60 Å². The maximum absolute atomic E-state index is 12.3. The molecule has 1 fully saturated rings. The van der Waals surface area contributed by atoms with Crippen molar-refractivity contribution >= 4 is 23.4 Å². The van der Waals surface area contributed by atoms with Gasteiger partial charge in [0.05, 0.1) is 12.6 Å². The van der Waals surface area contributed by atoms with Crippen LogP contribution in [0.5, 0.6) is 0 Å². The van der Waals surface area contributed by atoms with E-state index >= 15 is 0 Å². The Labute approximate surface area is 187 Å². The molecule has 0 unspecified atom stereocenters. The Morgan fingerprint density at radius 2 is 1.32 bits per heavy atom. The summed E-state index contributed by atoms with van der Waals surface area (Å²) in [6.07, 6.45) is 0.890. The molecule has 2 amide bonds. The van der Waals surface area contributed by atoms with E-state index in [1.165, 1.54) is 4.90 Å². The molecule has 4 nitrogen and oxygen atoms in total. The Bertz CT molecular complexity index is 928. The second kappa shape index (κ2) is 9.46. The van der Waals surface area contributed by atoms with Crippen LogP contribution in [0.25, 0.3) is 0 Å². The van der Waals surface area contributed by atoms with Gasteiger partial charge in [-0.1, -0.05) is 91.0 Å². The molecule has 0 bridgehead atoms. The lowest BCUT2D eigenvalue weighted by Crippen LogP contribution is -2.44. The zero-order valence-electron chi connectivity index (χ0n) is 17.1. The van der Waals surface area contributed by atoms with Gasteiger partial charge in [0, 0.05) is 6.42 Å². The first kappa shape index (κ1) is 21.3. The number of amides is 2. The predicted octanol–water partition coefficient (Wildman–Crippen LogP) is 4.75. The van der Waals surface area contributed by atoms with E-state index in [0.717, 1.165) is 16.7 Å². The molecule has 1 aliphatic heterocycles. The number of ether oxygens (including phenoxy) is 1. The molecule has 4 rings (SSSR count). The van der Waals surface area contributed by atoms with Crippen molar-refractivity contribution in [3.63, 3.8) is 0 Å². The van der Waals surface area contributed by atoms with Crippen LogP contribution in [0, 0.1) is 0 Å². The molecular formula is C26H24ClNO3. The average Bonchev–Trinajstić information content (AvgIpc) is 3.21. The van der Waals surface area contributed by atoms with Gasteiger partial charge in [0.1, 0.15) is 11.5 Å². The third-order valence-electron chi connectivity index (χ3n) is 5.74. The second-order valence-corrected chi connectivity index (χ2v) is 7.84. The number of benzene rings is 3. The van der Waals surface area contributed by atoms with Crippen LogP contribution in [0.3, 0.4) is 0 Å². The van der Waals surface area contributed by atoms with Gasteiger partial charge < -0.3 is 4.74 Å². The summed E-state index contributed by atoms with van der Waals surface area (Å²) in [5.74, 6) is -0.782. The maximum Gasteiger partial charge on any atom is 0.244 e. The van der Waals surface area contributed by atoms with Crippen LogP contribution >= 0.6 is 11.6 Å². The summed E-state index contributed by atoms with van der Waals surface area (Å²) < 4.78 is 6.76. The number of carbonyl (C=O) groups excluding carboxylic acids is 2. The van der Waals surface area contributed by atoms with Gasteiger partial charge in [-0.3, -0.25) is 14.5 Å². The summed E-state index contributed by atoms with van der Waals surface area (Å²) in [5.41, 5.74) is 2.05. The van der Waals surface area contributed by atoms with Crippen molar-refractivity contribution in [3.8, 4) is 0 Å². The van der Waals surface area contributed by atoms with Crippen molar-refractivity contribution in [3.05, 3.63) is 108 Å². The summed E-state index contributed by atoms with van der Waals surface area (Å²) in [7, 11) is 0. The summed E-state index contributed by atoms with van der Waals surface area (Å²) >= 11 is 5.76. The van der Waals surface area contributed by atoms with E-state index in [4.69, 9.17) is 16.3 Å². The van der Waals surface area contributed by atoms with E-state index in [1.54, 1.807) is 0 Å². The van der Waals surface area contributed by atoms with Gasteiger partial charge in [0.2, 0.25) is 11.8 Å². The molecular weight excluding hydrogens is 410 g/mol.